The first-order chi connectivity index (χ1) is 23.2. The van der Waals surface area contributed by atoms with Crippen LogP contribution in [-0.2, 0) is 4.79 Å². The summed E-state index contributed by atoms with van der Waals surface area (Å²) in [6, 6.07) is 0. The number of carboxylic acid groups (broad SMARTS) is 1. The van der Waals surface area contributed by atoms with E-state index < -0.39 is 5.97 Å². The van der Waals surface area contributed by atoms with Gasteiger partial charge in [-0.3, -0.25) is 0 Å². The molecule has 0 saturated heterocycles. The van der Waals surface area contributed by atoms with Crippen molar-refractivity contribution in [2.75, 3.05) is 19.6 Å². The Morgan fingerprint density at radius 3 is 0.729 bits per heavy atom. The summed E-state index contributed by atoms with van der Waals surface area (Å²) in [5.74, 6) is -0.897. The molecule has 0 unspecified atom stereocenters. The molecular formula is C44H88NNaO2. The zero-order valence-corrected chi connectivity index (χ0v) is 35.8. The van der Waals surface area contributed by atoms with Crippen LogP contribution in [0.5, 0.6) is 0 Å². The van der Waals surface area contributed by atoms with Gasteiger partial charge in [-0.2, -0.15) is 0 Å². The Kier molecular flexibility index (Phi) is 47.9. The van der Waals surface area contributed by atoms with E-state index in [1.165, 1.54) is 231 Å². The molecule has 0 aliphatic rings. The van der Waals surface area contributed by atoms with Gasteiger partial charge in [0.05, 0.1) is 0 Å². The SMILES string of the molecule is CCCCCCCCCCCCCCCCCCCCN(CCCCCCCCCCCCCCCCCCCC)CCCC(=O)[O-].[Na+]. The van der Waals surface area contributed by atoms with Crippen molar-refractivity contribution in [3.8, 4) is 0 Å². The van der Waals surface area contributed by atoms with E-state index in [0.29, 0.717) is 0 Å². The fourth-order valence-electron chi connectivity index (χ4n) is 7.26. The summed E-state index contributed by atoms with van der Waals surface area (Å²) in [6.45, 7) is 7.80. The van der Waals surface area contributed by atoms with Crippen LogP contribution in [0.2, 0.25) is 0 Å². The smallest absolute Gasteiger partial charge is 0.550 e. The Hall–Kier alpha value is 0.430. The number of hydrogen-bond acceptors (Lipinski definition) is 3. The number of carbonyl (C=O) groups excluding carboxylic acids is 1. The number of rotatable bonds is 42. The van der Waals surface area contributed by atoms with Gasteiger partial charge in [0.15, 0.2) is 0 Å². The molecule has 0 saturated carbocycles. The largest absolute Gasteiger partial charge is 1.00 e. The molecule has 282 valence electrons. The summed E-state index contributed by atoms with van der Waals surface area (Å²) >= 11 is 0. The van der Waals surface area contributed by atoms with Gasteiger partial charge in [-0.05, 0) is 45.3 Å². The van der Waals surface area contributed by atoms with E-state index in [2.05, 4.69) is 18.7 Å². The van der Waals surface area contributed by atoms with Gasteiger partial charge >= 0.3 is 29.6 Å². The van der Waals surface area contributed by atoms with Crippen LogP contribution < -0.4 is 34.7 Å². The Morgan fingerprint density at radius 2 is 0.521 bits per heavy atom. The number of hydrogen-bond donors (Lipinski definition) is 0. The minimum absolute atomic E-state index is 0. The van der Waals surface area contributed by atoms with Crippen molar-refractivity contribution in [1.29, 1.82) is 0 Å². The van der Waals surface area contributed by atoms with Gasteiger partial charge in [0, 0.05) is 5.97 Å². The second-order valence-corrected chi connectivity index (χ2v) is 15.3. The maximum atomic E-state index is 10.9. The normalized spacial score (nSPS) is 11.4. The topological polar surface area (TPSA) is 43.4 Å². The van der Waals surface area contributed by atoms with E-state index in [4.69, 9.17) is 0 Å². The molecule has 3 nitrogen and oxygen atoms in total. The van der Waals surface area contributed by atoms with Gasteiger partial charge in [0.2, 0.25) is 0 Å². The quantitative estimate of drug-likeness (QED) is 0.0474. The van der Waals surface area contributed by atoms with Crippen LogP contribution in [0.1, 0.15) is 258 Å². The second-order valence-electron chi connectivity index (χ2n) is 15.3. The molecule has 0 N–H and O–H groups in total. The molecule has 0 heterocycles. The van der Waals surface area contributed by atoms with E-state index in [9.17, 15) is 9.90 Å². The number of aliphatic carboxylic acids is 1. The van der Waals surface area contributed by atoms with Gasteiger partial charge < -0.3 is 14.8 Å². The summed E-state index contributed by atoms with van der Waals surface area (Å²) in [5.41, 5.74) is 0. The van der Waals surface area contributed by atoms with E-state index in [1.54, 1.807) is 0 Å². The summed E-state index contributed by atoms with van der Waals surface area (Å²) in [7, 11) is 0. The predicted molar refractivity (Wildman–Crippen MR) is 208 cm³/mol. The molecule has 0 radical (unpaired) electrons. The van der Waals surface area contributed by atoms with Gasteiger partial charge in [-0.15, -0.1) is 0 Å². The minimum atomic E-state index is -0.897. The summed E-state index contributed by atoms with van der Waals surface area (Å²) in [5, 5.41) is 10.9. The Balaban J connectivity index is 0. The molecule has 0 aliphatic carbocycles. The molecule has 0 aromatic carbocycles. The van der Waals surface area contributed by atoms with Gasteiger partial charge in [0.25, 0.3) is 0 Å². The van der Waals surface area contributed by atoms with Crippen molar-refractivity contribution < 1.29 is 39.5 Å². The fourth-order valence-corrected chi connectivity index (χ4v) is 7.26. The standard InChI is InChI=1S/C44H89NO2.Na/c1-3-5-7-9-11-13-15-17-19-21-23-25-27-29-31-33-35-37-41-45(43-39-40-44(46)47)42-38-36-34-32-30-28-26-24-22-20-18-16-14-12-10-8-6-4-2;/h3-43H2,1-2H3,(H,46,47);/q;+1/p-1. The summed E-state index contributed by atoms with van der Waals surface area (Å²) in [4.78, 5) is 13.5. The summed E-state index contributed by atoms with van der Waals surface area (Å²) in [6.07, 6.45) is 51.9. The number of carbonyl (C=O) groups is 1. The van der Waals surface area contributed by atoms with E-state index >= 15 is 0 Å². The average molecular weight is 686 g/mol. The molecule has 0 amide bonds. The van der Waals surface area contributed by atoms with E-state index in [0.717, 1.165) is 26.1 Å². The number of nitrogens with zero attached hydrogens (tertiary/aromatic N) is 1. The molecule has 0 fully saturated rings. The molecule has 0 aromatic rings. The predicted octanol–water partition coefficient (Wildman–Crippen LogP) is 10.9. The van der Waals surface area contributed by atoms with Crippen LogP contribution in [0.25, 0.3) is 0 Å². The third-order valence-electron chi connectivity index (χ3n) is 10.5. The van der Waals surface area contributed by atoms with Crippen LogP contribution in [0.3, 0.4) is 0 Å². The zero-order chi connectivity index (χ0) is 34.1. The van der Waals surface area contributed by atoms with Crippen LogP contribution in [-0.4, -0.2) is 30.5 Å². The number of unbranched alkanes of at least 4 members (excludes halogenated alkanes) is 34. The Labute approximate surface area is 326 Å². The van der Waals surface area contributed by atoms with Crippen molar-refractivity contribution in [2.45, 2.75) is 258 Å². The van der Waals surface area contributed by atoms with Crippen LogP contribution >= 0.6 is 0 Å². The van der Waals surface area contributed by atoms with Crippen molar-refractivity contribution in [3.63, 3.8) is 0 Å². The van der Waals surface area contributed by atoms with Gasteiger partial charge in [0.1, 0.15) is 0 Å². The second kappa shape index (κ2) is 45.5. The van der Waals surface area contributed by atoms with Crippen molar-refractivity contribution in [3.05, 3.63) is 0 Å². The van der Waals surface area contributed by atoms with Crippen LogP contribution in [0.15, 0.2) is 0 Å². The first kappa shape index (κ1) is 50.5. The maximum absolute atomic E-state index is 10.9. The first-order valence-corrected chi connectivity index (χ1v) is 22.1. The molecule has 0 bridgehead atoms. The molecule has 48 heavy (non-hydrogen) atoms. The minimum Gasteiger partial charge on any atom is -0.550 e. The average Bonchev–Trinajstić information content (AvgIpc) is 3.06. The molecule has 0 aliphatic heterocycles. The molecule has 0 atom stereocenters. The van der Waals surface area contributed by atoms with Crippen molar-refractivity contribution in [1.82, 2.24) is 4.90 Å². The van der Waals surface area contributed by atoms with Crippen LogP contribution in [0, 0.1) is 0 Å². The Bertz CT molecular complexity index is 546. The number of carboxylic acids is 1. The summed E-state index contributed by atoms with van der Waals surface area (Å²) < 4.78 is 0. The van der Waals surface area contributed by atoms with E-state index in [1.807, 2.05) is 0 Å². The molecule has 4 heteroatoms. The van der Waals surface area contributed by atoms with Gasteiger partial charge in [-0.1, -0.05) is 232 Å². The maximum Gasteiger partial charge on any atom is 1.00 e. The van der Waals surface area contributed by atoms with Crippen LogP contribution in [0.4, 0.5) is 0 Å². The molecule has 0 rings (SSSR count). The van der Waals surface area contributed by atoms with Crippen molar-refractivity contribution >= 4 is 5.97 Å². The third-order valence-corrected chi connectivity index (χ3v) is 10.5. The zero-order valence-electron chi connectivity index (χ0n) is 33.8. The molecule has 0 aromatic heterocycles. The Morgan fingerprint density at radius 1 is 0.333 bits per heavy atom. The first-order valence-electron chi connectivity index (χ1n) is 22.1. The third kappa shape index (κ3) is 44.5. The van der Waals surface area contributed by atoms with Crippen molar-refractivity contribution in [2.24, 2.45) is 0 Å². The molecule has 0 spiro atoms. The molecular weight excluding hydrogens is 597 g/mol. The monoisotopic (exact) mass is 686 g/mol. The van der Waals surface area contributed by atoms with E-state index in [-0.39, 0.29) is 36.0 Å². The van der Waals surface area contributed by atoms with Gasteiger partial charge in [-0.25, -0.2) is 0 Å². The fraction of sp³-hybridized carbons (Fsp3) is 0.977.